The molecule has 0 saturated carbocycles. The van der Waals surface area contributed by atoms with Gasteiger partial charge in [0.25, 0.3) is 0 Å². The molecular formula is C18H25FN2O3. The van der Waals surface area contributed by atoms with E-state index < -0.39 is 11.7 Å². The predicted octanol–water partition coefficient (Wildman–Crippen LogP) is 2.74. The smallest absolute Gasteiger partial charge is 0.407 e. The van der Waals surface area contributed by atoms with Gasteiger partial charge in [0.15, 0.2) is 0 Å². The number of benzene rings is 1. The molecule has 0 bridgehead atoms. The monoisotopic (exact) mass is 336 g/mol. The molecule has 24 heavy (non-hydrogen) atoms. The highest BCUT2D eigenvalue weighted by Crippen LogP contribution is 2.18. The van der Waals surface area contributed by atoms with Gasteiger partial charge in [0.2, 0.25) is 5.91 Å². The third-order valence-electron chi connectivity index (χ3n) is 3.87. The Labute approximate surface area is 142 Å². The fraction of sp³-hybridized carbons (Fsp3) is 0.556. The molecule has 1 saturated heterocycles. The van der Waals surface area contributed by atoms with E-state index in [1.807, 2.05) is 20.8 Å². The second-order valence-electron chi connectivity index (χ2n) is 7.15. The van der Waals surface area contributed by atoms with Gasteiger partial charge in [-0.3, -0.25) is 4.79 Å². The number of nitrogens with one attached hydrogen (secondary N) is 1. The molecule has 0 radical (unpaired) electrons. The Morgan fingerprint density at radius 1 is 1.33 bits per heavy atom. The number of amides is 2. The summed E-state index contributed by atoms with van der Waals surface area (Å²) in [4.78, 5) is 25.7. The van der Waals surface area contributed by atoms with Crippen molar-refractivity contribution in [3.63, 3.8) is 0 Å². The Bertz CT molecular complexity index is 598. The molecular weight excluding hydrogens is 311 g/mol. The van der Waals surface area contributed by atoms with Crippen LogP contribution in [-0.4, -0.2) is 42.1 Å². The summed E-state index contributed by atoms with van der Waals surface area (Å²) in [6.45, 7) is 7.11. The standard InChI is InChI=1S/C18H25FN2O3/c1-18(2,3)24-17(23)20-11-13-8-9-21(12-13)16(22)10-14-6-4-5-7-15(14)19/h4-7,13H,8-12H2,1-3H3,(H,20,23)/t13-/m0/s1. The molecule has 0 unspecified atom stereocenters. The van der Waals surface area contributed by atoms with Crippen molar-refractivity contribution < 1.29 is 18.7 Å². The maximum Gasteiger partial charge on any atom is 0.407 e. The Morgan fingerprint density at radius 2 is 2.04 bits per heavy atom. The lowest BCUT2D eigenvalue weighted by atomic mass is 10.1. The summed E-state index contributed by atoms with van der Waals surface area (Å²) < 4.78 is 18.8. The Balaban J connectivity index is 1.77. The SMILES string of the molecule is CC(C)(C)OC(=O)NC[C@@H]1CCN(C(=O)Cc2ccccc2F)C1. The number of nitrogens with zero attached hydrogens (tertiary/aromatic N) is 1. The minimum atomic E-state index is -0.526. The first kappa shape index (κ1) is 18.2. The topological polar surface area (TPSA) is 58.6 Å². The molecule has 5 nitrogen and oxygen atoms in total. The van der Waals surface area contributed by atoms with E-state index in [4.69, 9.17) is 4.74 Å². The summed E-state index contributed by atoms with van der Waals surface area (Å²) in [5, 5.41) is 2.74. The van der Waals surface area contributed by atoms with Crippen LogP contribution in [0.5, 0.6) is 0 Å². The Hall–Kier alpha value is -2.11. The zero-order valence-corrected chi connectivity index (χ0v) is 14.5. The first-order valence-corrected chi connectivity index (χ1v) is 8.22. The van der Waals surface area contributed by atoms with E-state index in [9.17, 15) is 14.0 Å². The molecule has 0 spiro atoms. The molecule has 1 aromatic carbocycles. The molecule has 1 aliphatic rings. The van der Waals surface area contributed by atoms with Crippen molar-refractivity contribution in [1.82, 2.24) is 10.2 Å². The van der Waals surface area contributed by atoms with Crippen molar-refractivity contribution >= 4 is 12.0 Å². The average Bonchev–Trinajstić information content (AvgIpc) is 2.95. The number of ether oxygens (including phenoxy) is 1. The van der Waals surface area contributed by atoms with Crippen LogP contribution in [0.3, 0.4) is 0 Å². The van der Waals surface area contributed by atoms with Crippen LogP contribution in [0.25, 0.3) is 0 Å². The van der Waals surface area contributed by atoms with Gasteiger partial charge in [-0.1, -0.05) is 18.2 Å². The molecule has 6 heteroatoms. The largest absolute Gasteiger partial charge is 0.444 e. The predicted molar refractivity (Wildman–Crippen MR) is 89.0 cm³/mol. The maximum atomic E-state index is 13.6. The van der Waals surface area contributed by atoms with Gasteiger partial charge in [-0.25, -0.2) is 9.18 Å². The van der Waals surface area contributed by atoms with E-state index in [0.29, 0.717) is 25.2 Å². The molecule has 1 N–H and O–H groups in total. The molecule has 132 valence electrons. The van der Waals surface area contributed by atoms with Crippen LogP contribution in [-0.2, 0) is 16.0 Å². The molecule has 1 aliphatic heterocycles. The zero-order valence-electron chi connectivity index (χ0n) is 14.5. The lowest BCUT2D eigenvalue weighted by Gasteiger charge is -2.21. The third kappa shape index (κ3) is 5.51. The summed E-state index contributed by atoms with van der Waals surface area (Å²) >= 11 is 0. The number of hydrogen-bond acceptors (Lipinski definition) is 3. The number of halogens is 1. The molecule has 2 rings (SSSR count). The number of alkyl carbamates (subject to hydrolysis) is 1. The lowest BCUT2D eigenvalue weighted by Crippen LogP contribution is -2.36. The van der Waals surface area contributed by atoms with Crippen molar-refractivity contribution in [2.75, 3.05) is 19.6 Å². The van der Waals surface area contributed by atoms with E-state index >= 15 is 0 Å². The van der Waals surface area contributed by atoms with Gasteiger partial charge in [0.05, 0.1) is 6.42 Å². The summed E-state index contributed by atoms with van der Waals surface area (Å²) in [6.07, 6.45) is 0.441. The Morgan fingerprint density at radius 3 is 2.71 bits per heavy atom. The van der Waals surface area contributed by atoms with Gasteiger partial charge >= 0.3 is 6.09 Å². The highest BCUT2D eigenvalue weighted by atomic mass is 19.1. The molecule has 1 fully saturated rings. The van der Waals surface area contributed by atoms with E-state index in [1.165, 1.54) is 6.07 Å². The number of carbonyl (C=O) groups is 2. The maximum absolute atomic E-state index is 13.6. The van der Waals surface area contributed by atoms with Gasteiger partial charge in [0.1, 0.15) is 11.4 Å². The summed E-state index contributed by atoms with van der Waals surface area (Å²) in [6, 6.07) is 6.33. The first-order valence-electron chi connectivity index (χ1n) is 8.22. The van der Waals surface area contributed by atoms with Crippen molar-refractivity contribution in [2.45, 2.75) is 39.2 Å². The summed E-state index contributed by atoms with van der Waals surface area (Å²) in [7, 11) is 0. The first-order chi connectivity index (χ1) is 11.2. The second-order valence-corrected chi connectivity index (χ2v) is 7.15. The minimum absolute atomic E-state index is 0.0683. The highest BCUT2D eigenvalue weighted by Gasteiger charge is 2.27. The summed E-state index contributed by atoms with van der Waals surface area (Å²) in [5.41, 5.74) is -0.112. The lowest BCUT2D eigenvalue weighted by molar-refractivity contribution is -0.129. The van der Waals surface area contributed by atoms with E-state index in [1.54, 1.807) is 23.1 Å². The van der Waals surface area contributed by atoms with Crippen LogP contribution >= 0.6 is 0 Å². The van der Waals surface area contributed by atoms with Crippen molar-refractivity contribution in [1.29, 1.82) is 0 Å². The van der Waals surface area contributed by atoms with E-state index in [0.717, 1.165) is 6.42 Å². The molecule has 1 atom stereocenters. The van der Waals surface area contributed by atoms with Crippen LogP contribution in [0.15, 0.2) is 24.3 Å². The number of likely N-dealkylation sites (tertiary alicyclic amines) is 1. The van der Waals surface area contributed by atoms with Crippen LogP contribution in [0, 0.1) is 11.7 Å². The van der Waals surface area contributed by atoms with Crippen LogP contribution < -0.4 is 5.32 Å². The normalized spacial score (nSPS) is 17.7. The van der Waals surface area contributed by atoms with Crippen LogP contribution in [0.1, 0.15) is 32.8 Å². The fourth-order valence-electron chi connectivity index (χ4n) is 2.68. The van der Waals surface area contributed by atoms with Gasteiger partial charge < -0.3 is 15.0 Å². The minimum Gasteiger partial charge on any atom is -0.444 e. The average molecular weight is 336 g/mol. The molecule has 1 heterocycles. The van der Waals surface area contributed by atoms with Gasteiger partial charge in [-0.2, -0.15) is 0 Å². The van der Waals surface area contributed by atoms with Gasteiger partial charge in [-0.05, 0) is 44.7 Å². The third-order valence-corrected chi connectivity index (χ3v) is 3.87. The summed E-state index contributed by atoms with van der Waals surface area (Å²) in [5.74, 6) is -0.241. The fourth-order valence-corrected chi connectivity index (χ4v) is 2.68. The zero-order chi connectivity index (χ0) is 17.7. The quantitative estimate of drug-likeness (QED) is 0.920. The van der Waals surface area contributed by atoms with Crippen molar-refractivity contribution in [3.05, 3.63) is 35.6 Å². The highest BCUT2D eigenvalue weighted by molar-refractivity contribution is 5.79. The number of rotatable bonds is 4. The number of hydrogen-bond donors (Lipinski definition) is 1. The van der Waals surface area contributed by atoms with Crippen LogP contribution in [0.4, 0.5) is 9.18 Å². The molecule has 0 aromatic heterocycles. The van der Waals surface area contributed by atoms with Crippen LogP contribution in [0.2, 0.25) is 0 Å². The van der Waals surface area contributed by atoms with Gasteiger partial charge in [0, 0.05) is 19.6 Å². The Kier molecular flexibility index (Phi) is 5.80. The van der Waals surface area contributed by atoms with E-state index in [2.05, 4.69) is 5.32 Å². The van der Waals surface area contributed by atoms with Gasteiger partial charge in [-0.15, -0.1) is 0 Å². The van der Waals surface area contributed by atoms with Crippen molar-refractivity contribution in [2.24, 2.45) is 5.92 Å². The van der Waals surface area contributed by atoms with Crippen molar-refractivity contribution in [3.8, 4) is 0 Å². The molecule has 0 aliphatic carbocycles. The number of carbonyl (C=O) groups excluding carboxylic acids is 2. The molecule has 2 amide bonds. The second kappa shape index (κ2) is 7.64. The molecule has 1 aromatic rings. The van der Waals surface area contributed by atoms with E-state index in [-0.39, 0.29) is 24.1 Å².